The minimum absolute atomic E-state index is 0.225. The lowest BCUT2D eigenvalue weighted by molar-refractivity contribution is -0.121. The number of nitrogens with one attached hydrogen (secondary N) is 2. The molecule has 0 fully saturated rings. The highest BCUT2D eigenvalue weighted by Gasteiger charge is 2.28. The highest BCUT2D eigenvalue weighted by Crippen LogP contribution is 2.35. The zero-order valence-electron chi connectivity index (χ0n) is 19.2. The third-order valence-electron chi connectivity index (χ3n) is 5.77. The van der Waals surface area contributed by atoms with Gasteiger partial charge >= 0.3 is 0 Å². The molecule has 0 radical (unpaired) electrons. The van der Waals surface area contributed by atoms with E-state index in [2.05, 4.69) is 20.4 Å². The van der Waals surface area contributed by atoms with Crippen LogP contribution in [0.5, 0.6) is 11.5 Å². The van der Waals surface area contributed by atoms with Crippen molar-refractivity contribution in [3.8, 4) is 22.6 Å². The van der Waals surface area contributed by atoms with Gasteiger partial charge in [0.25, 0.3) is 0 Å². The number of aryl methyl sites for hydroxylation is 1. The quantitative estimate of drug-likeness (QED) is 0.504. The summed E-state index contributed by atoms with van der Waals surface area (Å²) in [4.78, 5) is 15.2. The lowest BCUT2D eigenvalue weighted by atomic mass is 9.93. The average Bonchev–Trinajstić information content (AvgIpc) is 3.32. The monoisotopic (exact) mass is 452 g/mol. The Morgan fingerprint density at radius 1 is 1.36 bits per heavy atom. The SMILES string of the molecule is Cc1cccc2c1CC(C(=O)Nc1cc(F)c(-c3cn[nH]c3)cc1OCCCN(C)C)CO2. The van der Waals surface area contributed by atoms with Crippen LogP contribution in [0.1, 0.15) is 17.5 Å². The molecule has 1 amide bonds. The molecule has 1 aliphatic rings. The summed E-state index contributed by atoms with van der Waals surface area (Å²) in [5.41, 5.74) is 3.40. The molecule has 3 aromatic rings. The van der Waals surface area contributed by atoms with Crippen molar-refractivity contribution in [1.29, 1.82) is 0 Å². The van der Waals surface area contributed by atoms with Crippen LogP contribution in [0, 0.1) is 18.7 Å². The molecular weight excluding hydrogens is 423 g/mol. The molecule has 33 heavy (non-hydrogen) atoms. The van der Waals surface area contributed by atoms with Crippen LogP contribution in [-0.2, 0) is 11.2 Å². The van der Waals surface area contributed by atoms with E-state index in [1.165, 1.54) is 6.07 Å². The first-order valence-electron chi connectivity index (χ1n) is 11.0. The van der Waals surface area contributed by atoms with Gasteiger partial charge in [-0.2, -0.15) is 5.10 Å². The lowest BCUT2D eigenvalue weighted by Crippen LogP contribution is -2.33. The summed E-state index contributed by atoms with van der Waals surface area (Å²) in [5.74, 6) is 0.176. The van der Waals surface area contributed by atoms with Crippen molar-refractivity contribution in [2.75, 3.05) is 39.2 Å². The molecule has 0 bridgehead atoms. The Labute approximate surface area is 192 Å². The Morgan fingerprint density at radius 2 is 2.21 bits per heavy atom. The maximum atomic E-state index is 15.0. The average molecular weight is 453 g/mol. The number of nitrogens with zero attached hydrogens (tertiary/aromatic N) is 2. The fourth-order valence-electron chi connectivity index (χ4n) is 3.92. The molecule has 7 nitrogen and oxygen atoms in total. The summed E-state index contributed by atoms with van der Waals surface area (Å²) in [7, 11) is 3.99. The van der Waals surface area contributed by atoms with Crippen molar-refractivity contribution >= 4 is 11.6 Å². The first kappa shape index (κ1) is 22.8. The highest BCUT2D eigenvalue weighted by molar-refractivity contribution is 5.95. The number of anilines is 1. The Hall–Kier alpha value is -3.39. The van der Waals surface area contributed by atoms with Crippen LogP contribution in [0.3, 0.4) is 0 Å². The number of carbonyl (C=O) groups excluding carboxylic acids is 1. The normalized spacial score (nSPS) is 15.1. The van der Waals surface area contributed by atoms with Crippen LogP contribution in [0.2, 0.25) is 0 Å². The molecule has 174 valence electrons. The van der Waals surface area contributed by atoms with Crippen molar-refractivity contribution in [2.45, 2.75) is 19.8 Å². The first-order valence-corrected chi connectivity index (χ1v) is 11.0. The molecule has 2 heterocycles. The number of benzene rings is 2. The summed E-state index contributed by atoms with van der Waals surface area (Å²) in [6.07, 6.45) is 4.53. The molecule has 4 rings (SSSR count). The lowest BCUT2D eigenvalue weighted by Gasteiger charge is -2.26. The van der Waals surface area contributed by atoms with Crippen LogP contribution in [0.15, 0.2) is 42.7 Å². The van der Waals surface area contributed by atoms with E-state index < -0.39 is 5.82 Å². The summed E-state index contributed by atoms with van der Waals surface area (Å²) in [5, 5.41) is 9.47. The molecule has 0 aliphatic carbocycles. The van der Waals surface area contributed by atoms with Crippen molar-refractivity contribution in [1.82, 2.24) is 15.1 Å². The molecule has 2 aromatic carbocycles. The number of aromatic amines is 1. The van der Waals surface area contributed by atoms with Gasteiger partial charge in [-0.25, -0.2) is 4.39 Å². The van der Waals surface area contributed by atoms with Crippen molar-refractivity contribution in [2.24, 2.45) is 5.92 Å². The number of carbonyl (C=O) groups is 1. The molecule has 2 N–H and O–H groups in total. The van der Waals surface area contributed by atoms with Crippen LogP contribution in [0.4, 0.5) is 10.1 Å². The Balaban J connectivity index is 1.54. The number of hydrogen-bond acceptors (Lipinski definition) is 5. The molecule has 1 unspecified atom stereocenters. The Morgan fingerprint density at radius 3 is 2.97 bits per heavy atom. The maximum absolute atomic E-state index is 15.0. The molecular formula is C25H29FN4O3. The zero-order chi connectivity index (χ0) is 23.4. The maximum Gasteiger partial charge on any atom is 0.231 e. The van der Waals surface area contributed by atoms with Crippen LogP contribution >= 0.6 is 0 Å². The van der Waals surface area contributed by atoms with E-state index in [4.69, 9.17) is 9.47 Å². The zero-order valence-corrected chi connectivity index (χ0v) is 19.2. The van der Waals surface area contributed by atoms with Gasteiger partial charge in [0.1, 0.15) is 23.9 Å². The van der Waals surface area contributed by atoms with E-state index in [0.29, 0.717) is 35.6 Å². The number of hydrogen-bond donors (Lipinski definition) is 2. The summed E-state index contributed by atoms with van der Waals surface area (Å²) in [6, 6.07) is 8.79. The number of H-pyrrole nitrogens is 1. The number of halogens is 1. The first-order chi connectivity index (χ1) is 15.9. The van der Waals surface area contributed by atoms with Gasteiger partial charge < -0.3 is 19.7 Å². The number of ether oxygens (including phenoxy) is 2. The number of aromatic nitrogens is 2. The van der Waals surface area contributed by atoms with Gasteiger partial charge in [-0.05, 0) is 57.1 Å². The van der Waals surface area contributed by atoms with Crippen molar-refractivity contribution < 1.29 is 18.7 Å². The Bertz CT molecular complexity index is 1120. The second kappa shape index (κ2) is 10.0. The predicted octanol–water partition coefficient (Wildman–Crippen LogP) is 4.04. The largest absolute Gasteiger partial charge is 0.492 e. The third-order valence-corrected chi connectivity index (χ3v) is 5.77. The topological polar surface area (TPSA) is 79.5 Å². The van der Waals surface area contributed by atoms with Gasteiger partial charge in [0.05, 0.1) is 24.4 Å². The highest BCUT2D eigenvalue weighted by atomic mass is 19.1. The van der Waals surface area contributed by atoms with E-state index in [1.54, 1.807) is 18.5 Å². The van der Waals surface area contributed by atoms with E-state index in [9.17, 15) is 9.18 Å². The molecule has 1 atom stereocenters. The Kier molecular flexibility index (Phi) is 6.93. The van der Waals surface area contributed by atoms with Gasteiger partial charge in [-0.15, -0.1) is 0 Å². The van der Waals surface area contributed by atoms with Crippen molar-refractivity contribution in [3.63, 3.8) is 0 Å². The van der Waals surface area contributed by atoms with Crippen LogP contribution < -0.4 is 14.8 Å². The molecule has 1 aliphatic heterocycles. The van der Waals surface area contributed by atoms with Gasteiger partial charge in [-0.3, -0.25) is 9.89 Å². The number of rotatable bonds is 8. The molecule has 0 saturated heterocycles. The minimum atomic E-state index is -0.464. The van der Waals surface area contributed by atoms with E-state index in [-0.39, 0.29) is 18.4 Å². The second-order valence-electron chi connectivity index (χ2n) is 8.57. The summed E-state index contributed by atoms with van der Waals surface area (Å²) >= 11 is 0. The smallest absolute Gasteiger partial charge is 0.231 e. The summed E-state index contributed by atoms with van der Waals surface area (Å²) < 4.78 is 26.7. The third kappa shape index (κ3) is 5.34. The second-order valence-corrected chi connectivity index (χ2v) is 8.57. The van der Waals surface area contributed by atoms with E-state index >= 15 is 0 Å². The van der Waals surface area contributed by atoms with Gasteiger partial charge in [0.2, 0.25) is 5.91 Å². The van der Waals surface area contributed by atoms with Crippen molar-refractivity contribution in [3.05, 3.63) is 59.7 Å². The van der Waals surface area contributed by atoms with Gasteiger partial charge in [0, 0.05) is 29.9 Å². The standard InChI is InChI=1S/C25H29FN4O3/c1-16-6-4-7-23-19(16)10-17(15-33-23)25(31)29-22-12-21(26)20(18-13-27-28-14-18)11-24(22)32-9-5-8-30(2)3/h4,6-7,11-14,17H,5,8-10,15H2,1-3H3,(H,27,28)(H,29,31). The fourth-order valence-corrected chi connectivity index (χ4v) is 3.92. The fraction of sp³-hybridized carbons (Fsp3) is 0.360. The van der Waals surface area contributed by atoms with Gasteiger partial charge in [0.15, 0.2) is 0 Å². The predicted molar refractivity (Wildman–Crippen MR) is 125 cm³/mol. The minimum Gasteiger partial charge on any atom is -0.492 e. The number of fused-ring (bicyclic) bond motifs is 1. The van der Waals surface area contributed by atoms with Crippen LogP contribution in [-0.4, -0.2) is 54.9 Å². The number of amides is 1. The molecule has 8 heteroatoms. The van der Waals surface area contributed by atoms with E-state index in [0.717, 1.165) is 29.8 Å². The summed E-state index contributed by atoms with van der Waals surface area (Å²) in [6.45, 7) is 3.58. The van der Waals surface area contributed by atoms with Gasteiger partial charge in [-0.1, -0.05) is 12.1 Å². The molecule has 0 spiro atoms. The van der Waals surface area contributed by atoms with Crippen LogP contribution in [0.25, 0.3) is 11.1 Å². The molecule has 1 aromatic heterocycles. The van der Waals surface area contributed by atoms with E-state index in [1.807, 2.05) is 39.2 Å². The molecule has 0 saturated carbocycles.